The number of thioether (sulfide) groups is 1. The summed E-state index contributed by atoms with van der Waals surface area (Å²) < 4.78 is 0. The molecule has 0 aliphatic carbocycles. The van der Waals surface area contributed by atoms with Crippen molar-refractivity contribution in [2.45, 2.75) is 38.3 Å². The number of carboxylic acid groups (broad SMARTS) is 1. The Labute approximate surface area is 158 Å². The molecule has 0 spiro atoms. The summed E-state index contributed by atoms with van der Waals surface area (Å²) in [6.45, 7) is 1.98. The summed E-state index contributed by atoms with van der Waals surface area (Å²) in [5, 5.41) is 20.0. The van der Waals surface area contributed by atoms with Crippen LogP contribution in [0.1, 0.15) is 31.7 Å². The van der Waals surface area contributed by atoms with E-state index in [1.165, 1.54) is 16.7 Å². The van der Waals surface area contributed by atoms with Crippen molar-refractivity contribution in [2.75, 3.05) is 12.0 Å². The highest BCUT2D eigenvalue weighted by atomic mass is 32.2. The lowest BCUT2D eigenvalue weighted by Crippen LogP contribution is -2.47. The maximum atomic E-state index is 12.6. The highest BCUT2D eigenvalue weighted by Gasteiger charge is 2.43. The van der Waals surface area contributed by atoms with Gasteiger partial charge < -0.3 is 15.1 Å². The minimum atomic E-state index is -1.04. The second kappa shape index (κ2) is 9.48. The van der Waals surface area contributed by atoms with Crippen LogP contribution in [-0.4, -0.2) is 51.1 Å². The molecule has 0 fully saturated rings. The average molecular weight is 375 g/mol. The van der Waals surface area contributed by atoms with Crippen LogP contribution in [-0.2, 0) is 9.59 Å². The monoisotopic (exact) mass is 375 g/mol. The molecule has 0 aromatic heterocycles. The zero-order valence-electron chi connectivity index (χ0n) is 15.1. The second-order valence-corrected chi connectivity index (χ2v) is 7.10. The molecule has 2 unspecified atom stereocenters. The molecule has 0 radical (unpaired) electrons. The molecule has 0 bridgehead atoms. The van der Waals surface area contributed by atoms with Crippen molar-refractivity contribution < 1.29 is 19.8 Å². The smallest absolute Gasteiger partial charge is 0.326 e. The molecule has 0 saturated heterocycles. The maximum absolute atomic E-state index is 12.6. The Hall–Kier alpha value is -2.21. The Kier molecular flexibility index (Phi) is 7.33. The molecule has 1 amide bonds. The normalized spacial score (nSPS) is 18.8. The largest absolute Gasteiger partial charge is 0.503 e. The molecule has 2 rings (SSSR count). The molecule has 140 valence electrons. The highest BCUT2D eigenvalue weighted by Crippen LogP contribution is 2.31. The molecular weight excluding hydrogens is 350 g/mol. The van der Waals surface area contributed by atoms with E-state index in [9.17, 15) is 19.8 Å². The lowest BCUT2D eigenvalue weighted by atomic mass is 10.0. The molecule has 0 saturated carbocycles. The van der Waals surface area contributed by atoms with Crippen LogP contribution >= 0.6 is 11.8 Å². The van der Waals surface area contributed by atoms with Crippen molar-refractivity contribution in [2.24, 2.45) is 0 Å². The van der Waals surface area contributed by atoms with Crippen LogP contribution in [0.3, 0.4) is 0 Å². The standard InChI is InChI=1S/C20H25NO4S/c1-3-4-10-17(20(24)25)21-16(12-11-14-8-6-5-7-9-14)15(13-26-2)18(22)19(21)23/h5-9,11-12,16-17,22H,3-4,10,13H2,1-2H3,(H,24,25). The maximum Gasteiger partial charge on any atom is 0.326 e. The highest BCUT2D eigenvalue weighted by molar-refractivity contribution is 7.98. The second-order valence-electron chi connectivity index (χ2n) is 6.23. The van der Waals surface area contributed by atoms with Crippen molar-refractivity contribution in [3.8, 4) is 0 Å². The number of unbranched alkanes of at least 4 members (excludes halogenated alkanes) is 1. The number of carboxylic acids is 1. The predicted molar refractivity (Wildman–Crippen MR) is 105 cm³/mol. The van der Waals surface area contributed by atoms with Crippen LogP contribution in [0.5, 0.6) is 0 Å². The van der Waals surface area contributed by atoms with E-state index in [0.29, 0.717) is 24.2 Å². The van der Waals surface area contributed by atoms with E-state index in [1.54, 1.807) is 0 Å². The SMILES string of the molecule is CCCCC(C(=O)O)N1C(=O)C(O)=C(CSC)C1C=Cc1ccccc1. The number of benzene rings is 1. The average Bonchev–Trinajstić information content (AvgIpc) is 2.86. The van der Waals surface area contributed by atoms with Gasteiger partial charge in [0, 0.05) is 11.3 Å². The fourth-order valence-electron chi connectivity index (χ4n) is 3.09. The third-order valence-corrected chi connectivity index (χ3v) is 5.02. The van der Waals surface area contributed by atoms with Gasteiger partial charge in [-0.3, -0.25) is 4.79 Å². The molecule has 1 aliphatic rings. The molecule has 2 N–H and O–H groups in total. The number of carbonyl (C=O) groups is 2. The Morgan fingerprint density at radius 1 is 1.35 bits per heavy atom. The quantitative estimate of drug-likeness (QED) is 0.688. The van der Waals surface area contributed by atoms with Crippen LogP contribution < -0.4 is 0 Å². The molecule has 1 aromatic rings. The number of nitrogens with zero attached hydrogens (tertiary/aromatic N) is 1. The minimum absolute atomic E-state index is 0.315. The van der Waals surface area contributed by atoms with Crippen LogP contribution in [0.15, 0.2) is 47.7 Å². The third-order valence-electron chi connectivity index (χ3n) is 4.42. The van der Waals surface area contributed by atoms with Gasteiger partial charge in [0.1, 0.15) is 6.04 Å². The molecule has 6 heteroatoms. The first-order chi connectivity index (χ1) is 12.5. The van der Waals surface area contributed by atoms with Gasteiger partial charge in [0.15, 0.2) is 5.76 Å². The Bertz CT molecular complexity index is 699. The first-order valence-electron chi connectivity index (χ1n) is 8.70. The first-order valence-corrected chi connectivity index (χ1v) is 10.1. The van der Waals surface area contributed by atoms with Gasteiger partial charge in [-0.15, -0.1) is 0 Å². The predicted octanol–water partition coefficient (Wildman–Crippen LogP) is 3.73. The molecule has 2 atom stereocenters. The van der Waals surface area contributed by atoms with Crippen molar-refractivity contribution >= 4 is 29.7 Å². The van der Waals surface area contributed by atoms with E-state index < -0.39 is 24.0 Å². The first kappa shape index (κ1) is 20.1. The van der Waals surface area contributed by atoms with Gasteiger partial charge in [0.25, 0.3) is 5.91 Å². The zero-order valence-corrected chi connectivity index (χ0v) is 15.9. The molecule has 1 aliphatic heterocycles. The van der Waals surface area contributed by atoms with Crippen LogP contribution in [0, 0.1) is 0 Å². The summed E-state index contributed by atoms with van der Waals surface area (Å²) in [5.41, 5.74) is 1.52. The Morgan fingerprint density at radius 2 is 2.04 bits per heavy atom. The number of carbonyl (C=O) groups excluding carboxylic acids is 1. The number of hydrogen-bond acceptors (Lipinski definition) is 4. The van der Waals surface area contributed by atoms with E-state index in [2.05, 4.69) is 0 Å². The van der Waals surface area contributed by atoms with Gasteiger partial charge >= 0.3 is 5.97 Å². The summed E-state index contributed by atoms with van der Waals surface area (Å²) in [7, 11) is 0. The number of hydrogen-bond donors (Lipinski definition) is 2. The molecular formula is C20H25NO4S. The van der Waals surface area contributed by atoms with Crippen LogP contribution in [0.25, 0.3) is 6.08 Å². The van der Waals surface area contributed by atoms with Gasteiger partial charge in [-0.1, -0.05) is 62.2 Å². The van der Waals surface area contributed by atoms with Crippen molar-refractivity contribution in [3.05, 3.63) is 53.3 Å². The minimum Gasteiger partial charge on any atom is -0.503 e. The van der Waals surface area contributed by atoms with Gasteiger partial charge in [-0.25, -0.2) is 4.79 Å². The van der Waals surface area contributed by atoms with Crippen LogP contribution in [0.2, 0.25) is 0 Å². The summed E-state index contributed by atoms with van der Waals surface area (Å²) in [6.07, 6.45) is 7.47. The van der Waals surface area contributed by atoms with E-state index >= 15 is 0 Å². The fourth-order valence-corrected chi connectivity index (χ4v) is 3.71. The van der Waals surface area contributed by atoms with E-state index in [0.717, 1.165) is 12.0 Å². The van der Waals surface area contributed by atoms with Crippen molar-refractivity contribution in [1.82, 2.24) is 4.90 Å². The van der Waals surface area contributed by atoms with Gasteiger partial charge in [-0.2, -0.15) is 11.8 Å². The topological polar surface area (TPSA) is 77.8 Å². The summed E-state index contributed by atoms with van der Waals surface area (Å²) in [4.78, 5) is 25.8. The number of amides is 1. The van der Waals surface area contributed by atoms with E-state index in [1.807, 2.05) is 55.7 Å². The van der Waals surface area contributed by atoms with Gasteiger partial charge in [-0.05, 0) is 18.2 Å². The van der Waals surface area contributed by atoms with Gasteiger partial charge in [0.05, 0.1) is 6.04 Å². The van der Waals surface area contributed by atoms with E-state index in [-0.39, 0.29) is 5.76 Å². The number of aliphatic carboxylic acids is 1. The molecule has 5 nitrogen and oxygen atoms in total. The summed E-state index contributed by atoms with van der Waals surface area (Å²) in [5.74, 6) is -1.48. The van der Waals surface area contributed by atoms with Crippen molar-refractivity contribution in [1.29, 1.82) is 0 Å². The number of aliphatic hydroxyl groups is 1. The zero-order chi connectivity index (χ0) is 19.1. The number of rotatable bonds is 9. The lowest BCUT2D eigenvalue weighted by molar-refractivity contribution is -0.149. The van der Waals surface area contributed by atoms with Crippen molar-refractivity contribution in [3.63, 3.8) is 0 Å². The van der Waals surface area contributed by atoms with E-state index in [4.69, 9.17) is 0 Å². The Morgan fingerprint density at radius 3 is 2.62 bits per heavy atom. The van der Waals surface area contributed by atoms with Gasteiger partial charge in [0.2, 0.25) is 0 Å². The molecule has 1 heterocycles. The summed E-state index contributed by atoms with van der Waals surface area (Å²) >= 11 is 1.49. The fraction of sp³-hybridized carbons (Fsp3) is 0.400. The molecule has 26 heavy (non-hydrogen) atoms. The van der Waals surface area contributed by atoms with Crippen LogP contribution in [0.4, 0.5) is 0 Å². The molecule has 1 aromatic carbocycles. The Balaban J connectivity index is 2.39. The third kappa shape index (κ3) is 4.49. The summed E-state index contributed by atoms with van der Waals surface area (Å²) in [6, 6.07) is 8.10. The lowest BCUT2D eigenvalue weighted by Gasteiger charge is -2.30. The number of aliphatic hydroxyl groups excluding tert-OH is 1.